The number of nitrogens with two attached hydrogens (primary N) is 1. The van der Waals surface area contributed by atoms with E-state index in [-0.39, 0.29) is 6.29 Å². The molecule has 0 aliphatic carbocycles. The van der Waals surface area contributed by atoms with Crippen LogP contribution in [0.3, 0.4) is 0 Å². The fraction of sp³-hybridized carbons (Fsp3) is 0.529. The highest BCUT2D eigenvalue weighted by molar-refractivity contribution is 5.33. The molecule has 6 nitrogen and oxygen atoms in total. The summed E-state index contributed by atoms with van der Waals surface area (Å²) in [7, 11) is 0. The normalized spacial score (nSPS) is 17.4. The van der Waals surface area contributed by atoms with Gasteiger partial charge in [0.25, 0.3) is 0 Å². The van der Waals surface area contributed by atoms with Crippen LogP contribution in [0, 0.1) is 0 Å². The standard InChI is InChI=1S/C15H20N4O2.C2H6/c16-9-12-4-6-14(7-5-12)19-10-13(17-18-19)11-21-15-3-1-2-8-20-15;1-2/h4-7,10,15H,1-3,8-9,11,16H2;1-2H3. The van der Waals surface area contributed by atoms with Crippen LogP contribution in [0.5, 0.6) is 0 Å². The molecular weight excluding hydrogens is 292 g/mol. The Kier molecular flexibility index (Phi) is 7.19. The third-order valence-electron chi connectivity index (χ3n) is 3.53. The van der Waals surface area contributed by atoms with Gasteiger partial charge in [-0.25, -0.2) is 4.68 Å². The van der Waals surface area contributed by atoms with Gasteiger partial charge in [0.2, 0.25) is 0 Å². The number of benzene rings is 1. The van der Waals surface area contributed by atoms with Crippen molar-refractivity contribution in [3.8, 4) is 5.69 Å². The van der Waals surface area contributed by atoms with Crippen LogP contribution in [0.4, 0.5) is 0 Å². The van der Waals surface area contributed by atoms with Gasteiger partial charge in [0, 0.05) is 13.2 Å². The van der Waals surface area contributed by atoms with E-state index in [1.807, 2.05) is 44.3 Å². The molecule has 1 atom stereocenters. The van der Waals surface area contributed by atoms with Crippen LogP contribution in [-0.4, -0.2) is 27.9 Å². The lowest BCUT2D eigenvalue weighted by Gasteiger charge is -2.22. The summed E-state index contributed by atoms with van der Waals surface area (Å²) in [6.07, 6.45) is 5.00. The molecule has 1 aliphatic heterocycles. The van der Waals surface area contributed by atoms with Crippen molar-refractivity contribution in [1.82, 2.24) is 15.0 Å². The number of nitrogens with zero attached hydrogens (tertiary/aromatic N) is 3. The molecule has 0 bridgehead atoms. The molecule has 0 amide bonds. The maximum atomic E-state index is 5.70. The second-order valence-electron chi connectivity index (χ2n) is 5.13. The van der Waals surface area contributed by atoms with Gasteiger partial charge in [-0.05, 0) is 37.0 Å². The molecule has 1 aliphatic rings. The molecule has 0 spiro atoms. The van der Waals surface area contributed by atoms with Crippen molar-refractivity contribution in [1.29, 1.82) is 0 Å². The Morgan fingerprint density at radius 2 is 2.04 bits per heavy atom. The highest BCUT2D eigenvalue weighted by atomic mass is 16.7. The third kappa shape index (κ3) is 5.13. The Labute approximate surface area is 137 Å². The van der Waals surface area contributed by atoms with Crippen molar-refractivity contribution in [3.05, 3.63) is 41.7 Å². The van der Waals surface area contributed by atoms with Crippen molar-refractivity contribution >= 4 is 0 Å². The first kappa shape index (κ1) is 17.6. The van der Waals surface area contributed by atoms with Crippen LogP contribution in [0.15, 0.2) is 30.5 Å². The molecule has 126 valence electrons. The average Bonchev–Trinajstić information content (AvgIpc) is 3.12. The van der Waals surface area contributed by atoms with E-state index in [0.29, 0.717) is 13.2 Å². The quantitative estimate of drug-likeness (QED) is 0.917. The second kappa shape index (κ2) is 9.39. The fourth-order valence-corrected chi connectivity index (χ4v) is 2.30. The third-order valence-corrected chi connectivity index (χ3v) is 3.53. The minimum absolute atomic E-state index is 0.104. The predicted molar refractivity (Wildman–Crippen MR) is 89.0 cm³/mol. The lowest BCUT2D eigenvalue weighted by atomic mass is 10.2. The summed E-state index contributed by atoms with van der Waals surface area (Å²) < 4.78 is 13.0. The minimum Gasteiger partial charge on any atom is -0.353 e. The van der Waals surface area contributed by atoms with Crippen LogP contribution >= 0.6 is 0 Å². The summed E-state index contributed by atoms with van der Waals surface area (Å²) >= 11 is 0. The molecular formula is C17H26N4O2. The number of hydrogen-bond donors (Lipinski definition) is 1. The van der Waals surface area contributed by atoms with Crippen LogP contribution in [0.2, 0.25) is 0 Å². The van der Waals surface area contributed by atoms with E-state index in [0.717, 1.165) is 42.8 Å². The Bertz CT molecular complexity index is 562. The average molecular weight is 318 g/mol. The summed E-state index contributed by atoms with van der Waals surface area (Å²) in [5, 5.41) is 8.25. The van der Waals surface area contributed by atoms with E-state index in [2.05, 4.69) is 10.3 Å². The molecule has 1 saturated heterocycles. The van der Waals surface area contributed by atoms with Crippen molar-refractivity contribution in [2.24, 2.45) is 5.73 Å². The van der Waals surface area contributed by atoms with Gasteiger partial charge in [0.05, 0.1) is 18.5 Å². The SMILES string of the molecule is CC.NCc1ccc(-n2cc(COC3CCCCO3)nn2)cc1. The van der Waals surface area contributed by atoms with Gasteiger partial charge in [-0.3, -0.25) is 0 Å². The summed E-state index contributed by atoms with van der Waals surface area (Å²) in [5.74, 6) is 0. The zero-order valence-electron chi connectivity index (χ0n) is 13.9. The topological polar surface area (TPSA) is 75.2 Å². The molecule has 3 rings (SSSR count). The molecule has 1 aromatic carbocycles. The van der Waals surface area contributed by atoms with E-state index in [1.165, 1.54) is 0 Å². The van der Waals surface area contributed by atoms with Crippen LogP contribution in [0.25, 0.3) is 5.69 Å². The highest BCUT2D eigenvalue weighted by Gasteiger charge is 2.14. The highest BCUT2D eigenvalue weighted by Crippen LogP contribution is 2.15. The van der Waals surface area contributed by atoms with Crippen molar-refractivity contribution < 1.29 is 9.47 Å². The maximum absolute atomic E-state index is 5.70. The van der Waals surface area contributed by atoms with Crippen molar-refractivity contribution in [2.45, 2.75) is 52.6 Å². The van der Waals surface area contributed by atoms with Gasteiger partial charge in [0.1, 0.15) is 5.69 Å². The zero-order valence-corrected chi connectivity index (χ0v) is 13.9. The summed E-state index contributed by atoms with van der Waals surface area (Å²) in [5.41, 5.74) is 8.44. The van der Waals surface area contributed by atoms with Gasteiger partial charge >= 0.3 is 0 Å². The van der Waals surface area contributed by atoms with Gasteiger partial charge < -0.3 is 15.2 Å². The maximum Gasteiger partial charge on any atom is 0.158 e. The first-order chi connectivity index (χ1) is 11.3. The molecule has 2 N–H and O–H groups in total. The van der Waals surface area contributed by atoms with E-state index >= 15 is 0 Å². The van der Waals surface area contributed by atoms with Gasteiger partial charge in [-0.2, -0.15) is 0 Å². The molecule has 0 radical (unpaired) electrons. The Morgan fingerprint density at radius 1 is 1.26 bits per heavy atom. The molecule has 2 aromatic rings. The van der Waals surface area contributed by atoms with E-state index in [4.69, 9.17) is 15.2 Å². The molecule has 0 saturated carbocycles. The first-order valence-electron chi connectivity index (χ1n) is 8.29. The number of hydrogen-bond acceptors (Lipinski definition) is 5. The lowest BCUT2D eigenvalue weighted by Crippen LogP contribution is -2.22. The summed E-state index contributed by atoms with van der Waals surface area (Å²) in [6.45, 7) is 5.74. The first-order valence-corrected chi connectivity index (χ1v) is 8.29. The fourth-order valence-electron chi connectivity index (χ4n) is 2.30. The summed E-state index contributed by atoms with van der Waals surface area (Å²) in [4.78, 5) is 0. The molecule has 6 heteroatoms. The van der Waals surface area contributed by atoms with E-state index in [1.54, 1.807) is 4.68 Å². The Morgan fingerprint density at radius 3 is 2.70 bits per heavy atom. The molecule has 1 aromatic heterocycles. The van der Waals surface area contributed by atoms with Crippen LogP contribution in [-0.2, 0) is 22.6 Å². The molecule has 23 heavy (non-hydrogen) atoms. The second-order valence-corrected chi connectivity index (χ2v) is 5.13. The Balaban J connectivity index is 0.000000924. The smallest absolute Gasteiger partial charge is 0.158 e. The Hall–Kier alpha value is -1.76. The van der Waals surface area contributed by atoms with E-state index < -0.39 is 0 Å². The van der Waals surface area contributed by atoms with Gasteiger partial charge in [0.15, 0.2) is 6.29 Å². The van der Waals surface area contributed by atoms with Gasteiger partial charge in [-0.15, -0.1) is 5.10 Å². The number of ether oxygens (including phenoxy) is 2. The van der Waals surface area contributed by atoms with Crippen molar-refractivity contribution in [2.75, 3.05) is 6.61 Å². The predicted octanol–water partition coefficient (Wildman–Crippen LogP) is 2.80. The number of aromatic nitrogens is 3. The number of rotatable bonds is 5. The minimum atomic E-state index is -0.104. The molecule has 1 unspecified atom stereocenters. The van der Waals surface area contributed by atoms with Crippen LogP contribution < -0.4 is 5.73 Å². The van der Waals surface area contributed by atoms with Crippen molar-refractivity contribution in [3.63, 3.8) is 0 Å². The zero-order chi connectivity index (χ0) is 16.5. The largest absolute Gasteiger partial charge is 0.353 e. The van der Waals surface area contributed by atoms with Crippen LogP contribution in [0.1, 0.15) is 44.4 Å². The van der Waals surface area contributed by atoms with E-state index in [9.17, 15) is 0 Å². The molecule has 2 heterocycles. The summed E-state index contributed by atoms with van der Waals surface area (Å²) in [6, 6.07) is 7.93. The van der Waals surface area contributed by atoms with Gasteiger partial charge in [-0.1, -0.05) is 31.2 Å². The lowest BCUT2D eigenvalue weighted by molar-refractivity contribution is -0.169. The molecule has 1 fully saturated rings. The monoisotopic (exact) mass is 318 g/mol.